The van der Waals surface area contributed by atoms with Gasteiger partial charge in [-0.15, -0.1) is 0 Å². The Labute approximate surface area is 137 Å². The number of ether oxygens (including phenoxy) is 2. The molecule has 1 amide bonds. The summed E-state index contributed by atoms with van der Waals surface area (Å²) in [4.78, 5) is 16.3. The van der Waals surface area contributed by atoms with Crippen LogP contribution in [0.4, 0.5) is 5.69 Å². The number of phenolic OH excluding ortho intramolecular Hbond substituents is 1. The molecule has 0 saturated carbocycles. The van der Waals surface area contributed by atoms with Gasteiger partial charge < -0.3 is 19.9 Å². The number of nitrogens with one attached hydrogen (secondary N) is 2. The van der Waals surface area contributed by atoms with E-state index in [9.17, 15) is 9.90 Å². The Balaban J connectivity index is 1.55. The van der Waals surface area contributed by atoms with Gasteiger partial charge in [0.25, 0.3) is 5.91 Å². The van der Waals surface area contributed by atoms with E-state index in [0.29, 0.717) is 23.1 Å². The zero-order chi connectivity index (χ0) is 16.5. The molecule has 2 aliphatic rings. The molecule has 0 bridgehead atoms. The first-order valence-corrected chi connectivity index (χ1v) is 7.25. The maximum Gasteiger partial charge on any atom is 0.276 e. The standard InChI is InChI=1S/C17H13N3O4/c21-12-4-2-11(3-5-12)18-17-19-13(16(22)20-17)7-10-1-6-14-15(8-10)24-9-23-14/h1-8,21H,9H2,(H2,18,19,20,22)/b13-7+. The van der Waals surface area contributed by atoms with E-state index < -0.39 is 0 Å². The molecule has 2 aromatic carbocycles. The van der Waals surface area contributed by atoms with E-state index in [1.165, 1.54) is 0 Å². The minimum Gasteiger partial charge on any atom is -0.508 e. The van der Waals surface area contributed by atoms with Crippen LogP contribution >= 0.6 is 0 Å². The molecular weight excluding hydrogens is 310 g/mol. The van der Waals surface area contributed by atoms with Gasteiger partial charge in [0.2, 0.25) is 12.8 Å². The normalized spacial score (nSPS) is 16.9. The monoisotopic (exact) mass is 323 g/mol. The number of fused-ring (bicyclic) bond motifs is 1. The smallest absolute Gasteiger partial charge is 0.276 e. The van der Waals surface area contributed by atoms with E-state index in [-0.39, 0.29) is 24.1 Å². The molecule has 0 spiro atoms. The second kappa shape index (κ2) is 5.62. The van der Waals surface area contributed by atoms with Crippen molar-refractivity contribution in [2.24, 2.45) is 4.99 Å². The third kappa shape index (κ3) is 2.74. The van der Waals surface area contributed by atoms with Crippen molar-refractivity contribution in [1.82, 2.24) is 5.32 Å². The van der Waals surface area contributed by atoms with Gasteiger partial charge in [-0.3, -0.25) is 10.1 Å². The van der Waals surface area contributed by atoms with Crippen LogP contribution in [0.2, 0.25) is 0 Å². The van der Waals surface area contributed by atoms with Crippen LogP contribution in [0.5, 0.6) is 17.2 Å². The van der Waals surface area contributed by atoms with Gasteiger partial charge in [0.05, 0.1) is 0 Å². The van der Waals surface area contributed by atoms with E-state index >= 15 is 0 Å². The van der Waals surface area contributed by atoms with Gasteiger partial charge in [-0.25, -0.2) is 4.99 Å². The summed E-state index contributed by atoms with van der Waals surface area (Å²) in [6, 6.07) is 11.9. The number of carbonyl (C=O) groups excluding carboxylic acids is 1. The zero-order valence-corrected chi connectivity index (χ0v) is 12.4. The van der Waals surface area contributed by atoms with E-state index in [1.54, 1.807) is 42.5 Å². The summed E-state index contributed by atoms with van der Waals surface area (Å²) >= 11 is 0. The van der Waals surface area contributed by atoms with E-state index in [4.69, 9.17) is 9.47 Å². The van der Waals surface area contributed by atoms with Crippen LogP contribution in [0.25, 0.3) is 6.08 Å². The average molecular weight is 323 g/mol. The van der Waals surface area contributed by atoms with Gasteiger partial charge in [0, 0.05) is 5.69 Å². The minimum absolute atomic E-state index is 0.168. The largest absolute Gasteiger partial charge is 0.508 e. The molecule has 0 saturated heterocycles. The predicted molar refractivity (Wildman–Crippen MR) is 87.8 cm³/mol. The van der Waals surface area contributed by atoms with Crippen LogP contribution in [0.15, 0.2) is 53.2 Å². The van der Waals surface area contributed by atoms with Gasteiger partial charge in [-0.05, 0) is 48.0 Å². The van der Waals surface area contributed by atoms with Crippen LogP contribution in [0, 0.1) is 0 Å². The second-order valence-electron chi connectivity index (χ2n) is 5.23. The summed E-state index contributed by atoms with van der Waals surface area (Å²) in [5.74, 6) is 1.54. The van der Waals surface area contributed by atoms with Crippen LogP contribution in [0.3, 0.4) is 0 Å². The number of rotatable bonds is 2. The van der Waals surface area contributed by atoms with Crippen LogP contribution in [0.1, 0.15) is 5.56 Å². The molecule has 7 heteroatoms. The summed E-state index contributed by atoms with van der Waals surface area (Å²) in [5, 5.41) is 14.9. The lowest BCUT2D eigenvalue weighted by Crippen LogP contribution is -2.29. The van der Waals surface area contributed by atoms with Gasteiger partial charge in [0.15, 0.2) is 11.5 Å². The summed E-state index contributed by atoms with van der Waals surface area (Å²) in [6.07, 6.45) is 1.67. The van der Waals surface area contributed by atoms with Crippen molar-refractivity contribution in [2.75, 3.05) is 12.1 Å². The van der Waals surface area contributed by atoms with Crippen molar-refractivity contribution < 1.29 is 19.4 Å². The Kier molecular flexibility index (Phi) is 3.31. The highest BCUT2D eigenvalue weighted by Crippen LogP contribution is 2.33. The summed E-state index contributed by atoms with van der Waals surface area (Å²) < 4.78 is 10.6. The van der Waals surface area contributed by atoms with Crippen molar-refractivity contribution >= 4 is 23.6 Å². The highest BCUT2D eigenvalue weighted by molar-refractivity contribution is 6.17. The first-order valence-electron chi connectivity index (χ1n) is 7.25. The molecule has 3 N–H and O–H groups in total. The first kappa shape index (κ1) is 14.1. The van der Waals surface area contributed by atoms with Crippen LogP contribution in [-0.2, 0) is 4.79 Å². The lowest BCUT2D eigenvalue weighted by molar-refractivity contribution is -0.115. The molecule has 24 heavy (non-hydrogen) atoms. The van der Waals surface area contributed by atoms with Crippen molar-refractivity contribution in [3.63, 3.8) is 0 Å². The maximum absolute atomic E-state index is 12.0. The molecule has 0 aliphatic carbocycles. The number of nitrogens with zero attached hydrogens (tertiary/aromatic N) is 1. The number of aliphatic imine (C=N–C) groups is 1. The third-order valence-electron chi connectivity index (χ3n) is 3.53. The Hall–Kier alpha value is -3.48. The molecule has 120 valence electrons. The second-order valence-corrected chi connectivity index (χ2v) is 5.23. The summed E-state index contributed by atoms with van der Waals surface area (Å²) in [7, 11) is 0. The van der Waals surface area contributed by atoms with Crippen LogP contribution < -0.4 is 20.1 Å². The van der Waals surface area contributed by atoms with E-state index in [1.807, 2.05) is 6.07 Å². The van der Waals surface area contributed by atoms with Gasteiger partial charge >= 0.3 is 0 Å². The lowest BCUT2D eigenvalue weighted by atomic mass is 10.1. The maximum atomic E-state index is 12.0. The summed E-state index contributed by atoms with van der Waals surface area (Å²) in [6.45, 7) is 0.203. The number of phenols is 1. The number of amides is 1. The van der Waals surface area contributed by atoms with Crippen molar-refractivity contribution in [3.8, 4) is 17.2 Å². The molecule has 4 rings (SSSR count). The quantitative estimate of drug-likeness (QED) is 0.581. The van der Waals surface area contributed by atoms with Crippen LogP contribution in [-0.4, -0.2) is 23.8 Å². The number of guanidine groups is 1. The Morgan fingerprint density at radius 1 is 1.12 bits per heavy atom. The van der Waals surface area contributed by atoms with Crippen molar-refractivity contribution in [2.45, 2.75) is 0 Å². The fraction of sp³-hybridized carbons (Fsp3) is 0.0588. The van der Waals surface area contributed by atoms with Gasteiger partial charge in [-0.1, -0.05) is 6.07 Å². The molecule has 2 heterocycles. The topological polar surface area (TPSA) is 92.2 Å². The Morgan fingerprint density at radius 2 is 1.92 bits per heavy atom. The SMILES string of the molecule is O=C1NC(Nc2ccc(O)cc2)=N/C1=C/c1ccc2c(c1)OCO2. The predicted octanol–water partition coefficient (Wildman–Crippen LogP) is 2.06. The number of carbonyl (C=O) groups is 1. The Bertz CT molecular complexity index is 872. The van der Waals surface area contributed by atoms with Crippen molar-refractivity contribution in [3.05, 3.63) is 53.7 Å². The molecule has 0 unspecified atom stereocenters. The first-order chi connectivity index (χ1) is 11.7. The number of hydrogen-bond acceptors (Lipinski definition) is 6. The van der Waals surface area contributed by atoms with Gasteiger partial charge in [-0.2, -0.15) is 0 Å². The molecule has 7 nitrogen and oxygen atoms in total. The molecule has 0 fully saturated rings. The average Bonchev–Trinajstić information content (AvgIpc) is 3.16. The van der Waals surface area contributed by atoms with E-state index in [0.717, 1.165) is 5.56 Å². The molecule has 0 atom stereocenters. The highest BCUT2D eigenvalue weighted by atomic mass is 16.7. The van der Waals surface area contributed by atoms with E-state index in [2.05, 4.69) is 15.6 Å². The fourth-order valence-electron chi connectivity index (χ4n) is 2.37. The number of aromatic hydroxyl groups is 1. The van der Waals surface area contributed by atoms with Crippen molar-refractivity contribution in [1.29, 1.82) is 0 Å². The van der Waals surface area contributed by atoms with Gasteiger partial charge in [0.1, 0.15) is 11.4 Å². The summed E-state index contributed by atoms with van der Waals surface area (Å²) in [5.41, 5.74) is 1.78. The highest BCUT2D eigenvalue weighted by Gasteiger charge is 2.20. The molecular formula is C17H13N3O4. The fourth-order valence-corrected chi connectivity index (χ4v) is 2.37. The minimum atomic E-state index is -0.297. The number of benzene rings is 2. The number of anilines is 1. The molecule has 0 radical (unpaired) electrons. The third-order valence-corrected chi connectivity index (χ3v) is 3.53. The number of hydrogen-bond donors (Lipinski definition) is 3. The zero-order valence-electron chi connectivity index (χ0n) is 12.4. The lowest BCUT2D eigenvalue weighted by Gasteiger charge is -2.04. The molecule has 2 aliphatic heterocycles. The Morgan fingerprint density at radius 3 is 2.75 bits per heavy atom. The molecule has 0 aromatic heterocycles. The molecule has 2 aromatic rings.